The van der Waals surface area contributed by atoms with Crippen LogP contribution in [-0.2, 0) is 4.74 Å². The van der Waals surface area contributed by atoms with Gasteiger partial charge in [-0.25, -0.2) is 0 Å². The van der Waals surface area contributed by atoms with E-state index in [1.807, 2.05) is 39.8 Å². The third-order valence-corrected chi connectivity index (χ3v) is 1.31. The smallest absolute Gasteiger partial charge is 0.121 e. The van der Waals surface area contributed by atoms with E-state index in [0.29, 0.717) is 0 Å². The first-order chi connectivity index (χ1) is 5.76. The number of methoxy groups -OCH3 is 1. The lowest BCUT2D eigenvalue weighted by Gasteiger charge is -2.03. The van der Waals surface area contributed by atoms with Crippen LogP contribution in [-0.4, -0.2) is 7.11 Å². The quantitative estimate of drug-likeness (QED) is 0.461. The van der Waals surface area contributed by atoms with Crippen LogP contribution in [0.1, 0.15) is 27.7 Å². The van der Waals surface area contributed by atoms with Gasteiger partial charge in [0.25, 0.3) is 0 Å². The molecule has 0 aromatic carbocycles. The Labute approximate surface area is 76.4 Å². The van der Waals surface area contributed by atoms with E-state index in [4.69, 9.17) is 4.74 Å². The van der Waals surface area contributed by atoms with Crippen molar-refractivity contribution in [1.82, 2.24) is 0 Å². The Kier molecular flexibility index (Phi) is 11.4. The Bertz CT molecular complexity index is 164. The fraction of sp³-hybridized carbons (Fsp3) is 0.455. The largest absolute Gasteiger partial charge is 0.497 e. The van der Waals surface area contributed by atoms with E-state index < -0.39 is 0 Å². The molecule has 0 N–H and O–H groups in total. The van der Waals surface area contributed by atoms with Gasteiger partial charge in [-0.1, -0.05) is 32.6 Å². The van der Waals surface area contributed by atoms with Gasteiger partial charge in [0.1, 0.15) is 5.76 Å². The summed E-state index contributed by atoms with van der Waals surface area (Å²) in [6.45, 7) is 11.6. The van der Waals surface area contributed by atoms with Crippen LogP contribution in [0.2, 0.25) is 0 Å². The van der Waals surface area contributed by atoms with Gasteiger partial charge in [0.2, 0.25) is 0 Å². The van der Waals surface area contributed by atoms with Crippen molar-refractivity contribution in [3.05, 3.63) is 36.1 Å². The Balaban J connectivity index is 0. The molecule has 0 aromatic rings. The summed E-state index contributed by atoms with van der Waals surface area (Å²) < 4.78 is 5.06. The summed E-state index contributed by atoms with van der Waals surface area (Å²) in [7, 11) is 1.66. The summed E-state index contributed by atoms with van der Waals surface area (Å²) in [6, 6.07) is 0. The second kappa shape index (κ2) is 10.0. The first-order valence-corrected chi connectivity index (χ1v) is 4.26. The standard InChI is InChI=1S/C9H14O.C2H6/c1-5-7-9(10-4)8(3)6-2;1-2/h5-7H,1H2,2-4H3;1-2H3/b8-6-,9-7+;. The maximum Gasteiger partial charge on any atom is 0.121 e. The van der Waals surface area contributed by atoms with Crippen LogP contribution in [0, 0.1) is 0 Å². The molecule has 0 aliphatic carbocycles. The highest BCUT2D eigenvalue weighted by molar-refractivity contribution is 5.25. The molecule has 0 spiro atoms. The Morgan fingerprint density at radius 2 is 1.83 bits per heavy atom. The minimum Gasteiger partial charge on any atom is -0.497 e. The van der Waals surface area contributed by atoms with E-state index >= 15 is 0 Å². The molecule has 1 heteroatoms. The monoisotopic (exact) mass is 168 g/mol. The Morgan fingerprint density at radius 1 is 1.33 bits per heavy atom. The van der Waals surface area contributed by atoms with Gasteiger partial charge in [-0.2, -0.15) is 0 Å². The minimum absolute atomic E-state index is 0.873. The molecule has 0 atom stereocenters. The first-order valence-electron chi connectivity index (χ1n) is 4.26. The average Bonchev–Trinajstić information content (AvgIpc) is 2.16. The van der Waals surface area contributed by atoms with Crippen LogP contribution in [0.25, 0.3) is 0 Å². The Morgan fingerprint density at radius 3 is 2.08 bits per heavy atom. The van der Waals surface area contributed by atoms with E-state index in [-0.39, 0.29) is 0 Å². The van der Waals surface area contributed by atoms with Gasteiger partial charge in [0.15, 0.2) is 0 Å². The number of ether oxygens (including phenoxy) is 1. The summed E-state index contributed by atoms with van der Waals surface area (Å²) in [5.74, 6) is 0.873. The molecule has 0 unspecified atom stereocenters. The normalized spacial score (nSPS) is 11.4. The topological polar surface area (TPSA) is 9.23 Å². The molecule has 0 saturated carbocycles. The van der Waals surface area contributed by atoms with Gasteiger partial charge in [0.05, 0.1) is 7.11 Å². The zero-order valence-corrected chi connectivity index (χ0v) is 8.85. The molecule has 0 aliphatic heterocycles. The van der Waals surface area contributed by atoms with Crippen LogP contribution in [0.5, 0.6) is 0 Å². The van der Waals surface area contributed by atoms with Crippen molar-refractivity contribution in [1.29, 1.82) is 0 Å². The van der Waals surface area contributed by atoms with Crippen LogP contribution >= 0.6 is 0 Å². The predicted octanol–water partition coefficient (Wildman–Crippen LogP) is 3.70. The maximum absolute atomic E-state index is 5.06. The molecule has 0 bridgehead atoms. The second-order valence-corrected chi connectivity index (χ2v) is 1.94. The van der Waals surface area contributed by atoms with Crippen molar-refractivity contribution in [3.8, 4) is 0 Å². The lowest BCUT2D eigenvalue weighted by Crippen LogP contribution is -1.86. The van der Waals surface area contributed by atoms with Crippen molar-refractivity contribution >= 4 is 0 Å². The fourth-order valence-corrected chi connectivity index (χ4v) is 0.610. The van der Waals surface area contributed by atoms with Gasteiger partial charge in [0, 0.05) is 0 Å². The van der Waals surface area contributed by atoms with Crippen molar-refractivity contribution in [2.75, 3.05) is 7.11 Å². The lowest BCUT2D eigenvalue weighted by atomic mass is 10.2. The molecule has 0 fully saturated rings. The summed E-state index contributed by atoms with van der Waals surface area (Å²) in [4.78, 5) is 0. The predicted molar refractivity (Wildman–Crippen MR) is 56.1 cm³/mol. The maximum atomic E-state index is 5.06. The highest BCUT2D eigenvalue weighted by Gasteiger charge is 1.93. The van der Waals surface area contributed by atoms with Crippen molar-refractivity contribution in [2.45, 2.75) is 27.7 Å². The van der Waals surface area contributed by atoms with E-state index in [1.54, 1.807) is 13.2 Å². The summed E-state index contributed by atoms with van der Waals surface area (Å²) in [6.07, 6.45) is 5.56. The zero-order chi connectivity index (χ0) is 9.98. The number of allylic oxidation sites excluding steroid dienone is 4. The molecule has 70 valence electrons. The summed E-state index contributed by atoms with van der Waals surface area (Å²) in [5.41, 5.74) is 1.13. The first kappa shape index (κ1) is 13.6. The van der Waals surface area contributed by atoms with Crippen molar-refractivity contribution in [2.24, 2.45) is 0 Å². The summed E-state index contributed by atoms with van der Waals surface area (Å²) >= 11 is 0. The van der Waals surface area contributed by atoms with Gasteiger partial charge >= 0.3 is 0 Å². The van der Waals surface area contributed by atoms with Gasteiger partial charge in [-0.05, 0) is 25.5 Å². The molecule has 0 rings (SSSR count). The van der Waals surface area contributed by atoms with Gasteiger partial charge in [-0.15, -0.1) is 0 Å². The van der Waals surface area contributed by atoms with Crippen LogP contribution < -0.4 is 0 Å². The zero-order valence-electron chi connectivity index (χ0n) is 8.85. The highest BCUT2D eigenvalue weighted by Crippen LogP contribution is 2.08. The van der Waals surface area contributed by atoms with E-state index in [2.05, 4.69) is 6.58 Å². The van der Waals surface area contributed by atoms with Crippen molar-refractivity contribution in [3.63, 3.8) is 0 Å². The molecule has 1 nitrogen and oxygen atoms in total. The fourth-order valence-electron chi connectivity index (χ4n) is 0.610. The van der Waals surface area contributed by atoms with E-state index in [9.17, 15) is 0 Å². The van der Waals surface area contributed by atoms with Crippen LogP contribution in [0.3, 0.4) is 0 Å². The van der Waals surface area contributed by atoms with Gasteiger partial charge < -0.3 is 4.74 Å². The molecule has 0 heterocycles. The molecular weight excluding hydrogens is 148 g/mol. The number of rotatable bonds is 3. The van der Waals surface area contributed by atoms with Gasteiger partial charge in [-0.3, -0.25) is 0 Å². The third kappa shape index (κ3) is 5.78. The lowest BCUT2D eigenvalue weighted by molar-refractivity contribution is 0.301. The minimum atomic E-state index is 0.873. The molecule has 0 saturated heterocycles. The number of hydrogen-bond acceptors (Lipinski definition) is 1. The number of hydrogen-bond donors (Lipinski definition) is 0. The van der Waals surface area contributed by atoms with Crippen LogP contribution in [0.4, 0.5) is 0 Å². The molecule has 0 aliphatic rings. The SMILES string of the molecule is C=C/C=C(OC)\C(C)=C/C.CC. The molecular formula is C11H20O. The molecule has 0 amide bonds. The second-order valence-electron chi connectivity index (χ2n) is 1.94. The van der Waals surface area contributed by atoms with Crippen molar-refractivity contribution < 1.29 is 4.74 Å². The Hall–Kier alpha value is -0.980. The highest BCUT2D eigenvalue weighted by atomic mass is 16.5. The summed E-state index contributed by atoms with van der Waals surface area (Å²) in [5, 5.41) is 0. The van der Waals surface area contributed by atoms with E-state index in [0.717, 1.165) is 11.3 Å². The molecule has 0 aromatic heterocycles. The van der Waals surface area contributed by atoms with E-state index in [1.165, 1.54) is 0 Å². The molecule has 12 heavy (non-hydrogen) atoms. The molecule has 0 radical (unpaired) electrons. The van der Waals surface area contributed by atoms with Crippen LogP contribution in [0.15, 0.2) is 36.1 Å². The third-order valence-electron chi connectivity index (χ3n) is 1.31. The average molecular weight is 168 g/mol.